The summed E-state index contributed by atoms with van der Waals surface area (Å²) >= 11 is 0. The molecule has 0 amide bonds. The zero-order valence-electron chi connectivity index (χ0n) is 81.3. The fourth-order valence-corrected chi connectivity index (χ4v) is 22.4. The standard InChI is InChI=1S/C74H51N3.C68H47N3/c1-6-20-52(21-7-1)53-34-36-54(37-35-53)55-38-40-56(41-39-55)73-65-30-16-18-32-67(65)74(68-33-19-17-31-66(68)73)57-42-44-62(45-43-57)77-71-48-46-63(75(58-22-8-2-9-23-58)59-24-10-3-11-25-59)50-69(71)70-51-64(47-49-72(70)77)76(60-26-12-4-13-27-60)61-28-14-5-15-29-61;1-6-22-48(23-7-1)57-32-16-17-33-58(57)68-61-36-20-18-34-59(61)67(60-35-19-21-37-62(60)68)49-38-40-54(41-39-49)71-65-44-42-55(69(50-24-8-2-9-25-50)51-26-10-3-11-27-51)46-63(65)64-47-56(43-45-66(64)71)70(52-28-12-4-13-29-52)53-30-14-5-15-31-53/h1-51H;1-47H. The van der Waals surface area contributed by atoms with Crippen LogP contribution in [0, 0.1) is 0 Å². The van der Waals surface area contributed by atoms with Crippen molar-refractivity contribution < 1.29 is 0 Å². The predicted octanol–water partition coefficient (Wildman–Crippen LogP) is 39.7. The number of hydrogen-bond donors (Lipinski definition) is 0. The van der Waals surface area contributed by atoms with Gasteiger partial charge in [-0.05, 0) is 315 Å². The fourth-order valence-electron chi connectivity index (χ4n) is 22.4. The Kier molecular flexibility index (Phi) is 23.3. The van der Waals surface area contributed by atoms with Crippen LogP contribution in [-0.2, 0) is 0 Å². The fraction of sp³-hybridized carbons (Fsp3) is 0. The van der Waals surface area contributed by atoms with Gasteiger partial charge in [-0.1, -0.05) is 400 Å². The number of hydrogen-bond acceptors (Lipinski definition) is 4. The van der Waals surface area contributed by atoms with Gasteiger partial charge in [0.15, 0.2) is 0 Å². The molecule has 0 aliphatic carbocycles. The van der Waals surface area contributed by atoms with E-state index in [-0.39, 0.29) is 0 Å². The molecule has 0 unspecified atom stereocenters. The minimum absolute atomic E-state index is 1.09. The number of anilines is 12. The van der Waals surface area contributed by atoms with Gasteiger partial charge in [-0.3, -0.25) is 0 Å². The molecule has 27 rings (SSSR count). The van der Waals surface area contributed by atoms with E-state index in [1.54, 1.807) is 0 Å². The zero-order chi connectivity index (χ0) is 98.2. The number of fused-ring (bicyclic) bond motifs is 10. The maximum Gasteiger partial charge on any atom is 0.0542 e. The summed E-state index contributed by atoms with van der Waals surface area (Å²) in [4.78, 5) is 9.40. The van der Waals surface area contributed by atoms with Crippen LogP contribution < -0.4 is 19.6 Å². The van der Waals surface area contributed by atoms with Crippen molar-refractivity contribution in [1.29, 1.82) is 0 Å². The van der Waals surface area contributed by atoms with Crippen molar-refractivity contribution in [2.75, 3.05) is 19.6 Å². The Bertz CT molecular complexity index is 8960. The van der Waals surface area contributed by atoms with Crippen molar-refractivity contribution in [2.45, 2.75) is 0 Å². The molecule has 0 aliphatic rings. The Balaban J connectivity index is 0.000000150. The monoisotopic (exact) mass is 1890 g/mol. The van der Waals surface area contributed by atoms with E-state index in [2.05, 4.69) is 623 Å². The van der Waals surface area contributed by atoms with Crippen LogP contribution in [0.2, 0.25) is 0 Å². The SMILES string of the molecule is c1ccc(-c2ccc(-c3ccc(-c4c5ccccc5c(-c5ccc(-n6c7ccc(N(c8ccccc8)c8ccccc8)cc7c7cc(N(c8ccccc8)c8ccccc8)ccc76)cc5)c5ccccc45)cc3)cc2)cc1.c1ccc(-c2ccccc2-c2c3ccccc3c(-c3ccc(-n4c5ccc(N(c6ccccc6)c6ccccc6)cc5c5cc(N(c6ccccc6)c6ccccc6)ccc54)cc3)c3ccccc23)cc1. The van der Waals surface area contributed by atoms with Crippen LogP contribution >= 0.6 is 0 Å². The third-order valence-electron chi connectivity index (χ3n) is 29.1. The molecule has 25 aromatic carbocycles. The Morgan fingerprint density at radius 2 is 0.284 bits per heavy atom. The third kappa shape index (κ3) is 16.5. The van der Waals surface area contributed by atoms with Gasteiger partial charge in [0.25, 0.3) is 0 Å². The summed E-state index contributed by atoms with van der Waals surface area (Å²) in [6.45, 7) is 0. The van der Waals surface area contributed by atoms with E-state index in [0.717, 1.165) is 102 Å². The molecule has 27 aromatic rings. The van der Waals surface area contributed by atoms with Gasteiger partial charge >= 0.3 is 0 Å². The van der Waals surface area contributed by atoms with Crippen molar-refractivity contribution in [2.24, 2.45) is 0 Å². The smallest absolute Gasteiger partial charge is 0.0542 e. The van der Waals surface area contributed by atoms with Crippen LogP contribution in [-0.4, -0.2) is 9.13 Å². The summed E-state index contributed by atoms with van der Waals surface area (Å²) in [6, 6.07) is 216. The predicted molar refractivity (Wildman–Crippen MR) is 628 cm³/mol. The minimum Gasteiger partial charge on any atom is -0.310 e. The van der Waals surface area contributed by atoms with Gasteiger partial charge < -0.3 is 28.7 Å². The van der Waals surface area contributed by atoms with Crippen LogP contribution in [0.4, 0.5) is 68.2 Å². The number of nitrogens with zero attached hydrogens (tertiary/aromatic N) is 6. The average Bonchev–Trinajstić information content (AvgIpc) is 1.45. The molecular weight excluding hydrogens is 1790 g/mol. The lowest BCUT2D eigenvalue weighted by molar-refractivity contribution is 1.18. The molecule has 0 radical (unpaired) electrons. The highest BCUT2D eigenvalue weighted by molar-refractivity contribution is 6.24. The van der Waals surface area contributed by atoms with E-state index in [1.807, 2.05) is 0 Å². The lowest BCUT2D eigenvalue weighted by atomic mass is 9.84. The zero-order valence-corrected chi connectivity index (χ0v) is 81.3. The first kappa shape index (κ1) is 88.5. The number of aromatic nitrogens is 2. The Labute approximate surface area is 861 Å². The molecule has 0 fully saturated rings. The van der Waals surface area contributed by atoms with E-state index in [9.17, 15) is 0 Å². The van der Waals surface area contributed by atoms with Crippen molar-refractivity contribution in [1.82, 2.24) is 9.13 Å². The summed E-state index contributed by atoms with van der Waals surface area (Å²) in [7, 11) is 0. The Hall–Kier alpha value is -19.7. The van der Waals surface area contributed by atoms with Crippen LogP contribution in [0.1, 0.15) is 0 Å². The van der Waals surface area contributed by atoms with E-state index in [4.69, 9.17) is 0 Å². The lowest BCUT2D eigenvalue weighted by Gasteiger charge is -2.26. The summed E-state index contributed by atoms with van der Waals surface area (Å²) in [5, 5.41) is 14.6. The molecule has 2 aromatic heterocycles. The molecule has 0 atom stereocenters. The molecule has 0 spiro atoms. The van der Waals surface area contributed by atoms with Crippen LogP contribution in [0.5, 0.6) is 0 Å². The average molecular weight is 1890 g/mol. The second-order valence-corrected chi connectivity index (χ2v) is 37.7. The number of benzene rings is 25. The first-order valence-electron chi connectivity index (χ1n) is 50.8. The van der Waals surface area contributed by atoms with E-state index in [1.165, 1.54) is 143 Å². The summed E-state index contributed by atoms with van der Waals surface area (Å²) in [5.41, 5.74) is 37.0. The minimum atomic E-state index is 1.09. The van der Waals surface area contributed by atoms with Crippen molar-refractivity contribution in [3.63, 3.8) is 0 Å². The van der Waals surface area contributed by atoms with Crippen molar-refractivity contribution in [3.05, 3.63) is 595 Å². The van der Waals surface area contributed by atoms with E-state index < -0.39 is 0 Å². The molecule has 0 aliphatic heterocycles. The summed E-state index contributed by atoms with van der Waals surface area (Å²) in [6.07, 6.45) is 0. The van der Waals surface area contributed by atoms with Gasteiger partial charge in [0.05, 0.1) is 22.1 Å². The molecule has 0 bridgehead atoms. The largest absolute Gasteiger partial charge is 0.310 e. The maximum atomic E-state index is 2.44. The van der Waals surface area contributed by atoms with Gasteiger partial charge in [0.2, 0.25) is 0 Å². The first-order chi connectivity index (χ1) is 73.5. The molecule has 148 heavy (non-hydrogen) atoms. The van der Waals surface area contributed by atoms with Gasteiger partial charge in [-0.2, -0.15) is 0 Å². The van der Waals surface area contributed by atoms with Crippen LogP contribution in [0.3, 0.4) is 0 Å². The number of para-hydroxylation sites is 8. The molecule has 6 heteroatoms. The Morgan fingerprint density at radius 1 is 0.108 bits per heavy atom. The maximum absolute atomic E-state index is 2.44. The van der Waals surface area contributed by atoms with Crippen LogP contribution in [0.25, 0.3) is 176 Å². The highest BCUT2D eigenvalue weighted by Crippen LogP contribution is 2.52. The molecule has 696 valence electrons. The molecule has 6 nitrogen and oxygen atoms in total. The van der Waals surface area contributed by atoms with Crippen molar-refractivity contribution in [3.8, 4) is 89.3 Å². The van der Waals surface area contributed by atoms with E-state index in [0.29, 0.717) is 0 Å². The first-order valence-corrected chi connectivity index (χ1v) is 50.8. The summed E-state index contributed by atoms with van der Waals surface area (Å²) in [5.74, 6) is 0. The lowest BCUT2D eigenvalue weighted by Crippen LogP contribution is -2.09. The quantitative estimate of drug-likeness (QED) is 0.0669. The van der Waals surface area contributed by atoms with E-state index >= 15 is 0 Å². The highest BCUT2D eigenvalue weighted by atomic mass is 15.2. The Morgan fingerprint density at radius 3 is 0.520 bits per heavy atom. The summed E-state index contributed by atoms with van der Waals surface area (Å²) < 4.78 is 4.87. The normalized spacial score (nSPS) is 11.4. The van der Waals surface area contributed by atoms with Crippen molar-refractivity contribution >= 4 is 155 Å². The van der Waals surface area contributed by atoms with Gasteiger partial charge in [0, 0.05) is 101 Å². The third-order valence-corrected chi connectivity index (χ3v) is 29.1. The number of rotatable bonds is 21. The highest BCUT2D eigenvalue weighted by Gasteiger charge is 2.27. The van der Waals surface area contributed by atoms with Gasteiger partial charge in [0.1, 0.15) is 0 Å². The second-order valence-electron chi connectivity index (χ2n) is 37.7. The van der Waals surface area contributed by atoms with Crippen LogP contribution in [0.15, 0.2) is 595 Å². The van der Waals surface area contributed by atoms with Gasteiger partial charge in [-0.25, -0.2) is 0 Å². The molecule has 0 N–H and O–H groups in total. The van der Waals surface area contributed by atoms with Gasteiger partial charge in [-0.15, -0.1) is 0 Å². The molecule has 0 saturated carbocycles. The molecule has 0 saturated heterocycles. The molecular formula is C142H98N6. The molecule has 2 heterocycles. The second kappa shape index (κ2) is 39.0. The topological polar surface area (TPSA) is 22.8 Å².